The lowest BCUT2D eigenvalue weighted by Gasteiger charge is -1.98. The Kier molecular flexibility index (Phi) is 2.59. The van der Waals surface area contributed by atoms with Crippen LogP contribution in [0.4, 0.5) is 0 Å². The van der Waals surface area contributed by atoms with Crippen molar-refractivity contribution in [2.75, 3.05) is 0 Å². The fourth-order valence-electron chi connectivity index (χ4n) is 1.36. The molecule has 0 fully saturated rings. The Morgan fingerprint density at radius 3 is 2.56 bits per heavy atom. The zero-order valence-electron chi connectivity index (χ0n) is 8.29. The van der Waals surface area contributed by atoms with Crippen LogP contribution in [0.15, 0.2) is 45.7 Å². The van der Waals surface area contributed by atoms with Crippen LogP contribution in [0.3, 0.4) is 0 Å². The van der Waals surface area contributed by atoms with E-state index in [2.05, 4.69) is 4.42 Å². The Morgan fingerprint density at radius 2 is 2.00 bits per heavy atom. The maximum absolute atomic E-state index is 11.3. The number of hydrogen-bond acceptors (Lipinski definition) is 3. The van der Waals surface area contributed by atoms with Crippen LogP contribution in [0, 0.1) is 0 Å². The maximum Gasteiger partial charge on any atom is 0.420 e. The van der Waals surface area contributed by atoms with Crippen LogP contribution in [0.2, 0.25) is 0 Å². The minimum atomic E-state index is -1.25. The Bertz CT molecular complexity index is 553. The first-order valence-electron chi connectivity index (χ1n) is 4.64. The van der Waals surface area contributed by atoms with Crippen LogP contribution in [-0.4, -0.2) is 15.6 Å². The molecule has 0 amide bonds. The van der Waals surface area contributed by atoms with Crippen LogP contribution >= 0.6 is 0 Å². The minimum Gasteiger partial charge on any atom is -0.475 e. The SMILES string of the molecule is O=C(O)c1cn(Cc2ccccc2)c(=O)o1. The molecule has 0 bridgehead atoms. The fourth-order valence-corrected chi connectivity index (χ4v) is 1.36. The standard InChI is InChI=1S/C11H9NO4/c13-10(14)9-7-12(11(15)16-9)6-8-4-2-1-3-5-8/h1-5,7H,6H2,(H,13,14). The molecule has 1 aromatic carbocycles. The second-order valence-corrected chi connectivity index (χ2v) is 3.28. The molecule has 0 aliphatic heterocycles. The lowest BCUT2D eigenvalue weighted by Crippen LogP contribution is -2.13. The molecule has 16 heavy (non-hydrogen) atoms. The Morgan fingerprint density at radius 1 is 1.31 bits per heavy atom. The molecule has 2 aromatic rings. The highest BCUT2D eigenvalue weighted by Gasteiger charge is 2.11. The molecule has 2 rings (SSSR count). The summed E-state index contributed by atoms with van der Waals surface area (Å²) in [5.41, 5.74) is 0.905. The fraction of sp³-hybridized carbons (Fsp3) is 0.0909. The van der Waals surface area contributed by atoms with Gasteiger partial charge in [0.15, 0.2) is 0 Å². The van der Waals surface area contributed by atoms with E-state index in [0.717, 1.165) is 5.56 Å². The normalized spacial score (nSPS) is 10.2. The third-order valence-corrected chi connectivity index (χ3v) is 2.11. The highest BCUT2D eigenvalue weighted by Crippen LogP contribution is 2.02. The highest BCUT2D eigenvalue weighted by atomic mass is 16.4. The number of carboxylic acid groups (broad SMARTS) is 1. The first kappa shape index (κ1) is 10.2. The molecule has 5 heteroatoms. The number of aromatic nitrogens is 1. The smallest absolute Gasteiger partial charge is 0.420 e. The molecule has 5 nitrogen and oxygen atoms in total. The van der Waals surface area contributed by atoms with Gasteiger partial charge in [0.2, 0.25) is 5.76 Å². The largest absolute Gasteiger partial charge is 0.475 e. The second kappa shape index (κ2) is 4.06. The van der Waals surface area contributed by atoms with E-state index in [4.69, 9.17) is 5.11 Å². The summed E-state index contributed by atoms with van der Waals surface area (Å²) < 4.78 is 5.78. The summed E-state index contributed by atoms with van der Waals surface area (Å²) in [6.45, 7) is 0.302. The molecule has 0 saturated heterocycles. The third-order valence-electron chi connectivity index (χ3n) is 2.11. The molecule has 0 unspecified atom stereocenters. The van der Waals surface area contributed by atoms with Crippen LogP contribution < -0.4 is 5.76 Å². The lowest BCUT2D eigenvalue weighted by atomic mass is 10.2. The quantitative estimate of drug-likeness (QED) is 0.841. The van der Waals surface area contributed by atoms with Crippen molar-refractivity contribution in [1.29, 1.82) is 0 Å². The summed E-state index contributed by atoms with van der Waals surface area (Å²) in [6.07, 6.45) is 1.19. The van der Waals surface area contributed by atoms with E-state index in [1.807, 2.05) is 30.3 Å². The van der Waals surface area contributed by atoms with Crippen molar-refractivity contribution in [3.05, 3.63) is 58.4 Å². The summed E-state index contributed by atoms with van der Waals surface area (Å²) >= 11 is 0. The van der Waals surface area contributed by atoms with Gasteiger partial charge in [0.1, 0.15) is 0 Å². The molecular formula is C11H9NO4. The molecular weight excluding hydrogens is 210 g/mol. The number of carboxylic acids is 1. The van der Waals surface area contributed by atoms with E-state index in [9.17, 15) is 9.59 Å². The summed E-state index contributed by atoms with van der Waals surface area (Å²) in [7, 11) is 0. The van der Waals surface area contributed by atoms with Gasteiger partial charge < -0.3 is 9.52 Å². The molecule has 1 N–H and O–H groups in total. The second-order valence-electron chi connectivity index (χ2n) is 3.28. The van der Waals surface area contributed by atoms with Crippen molar-refractivity contribution >= 4 is 5.97 Å². The van der Waals surface area contributed by atoms with Gasteiger partial charge >= 0.3 is 11.7 Å². The maximum atomic E-state index is 11.3. The summed E-state index contributed by atoms with van der Waals surface area (Å²) in [4.78, 5) is 21.9. The van der Waals surface area contributed by atoms with Crippen LogP contribution in [0.25, 0.3) is 0 Å². The van der Waals surface area contributed by atoms with Crippen LogP contribution in [-0.2, 0) is 6.54 Å². The van der Waals surface area contributed by atoms with E-state index in [1.165, 1.54) is 10.8 Å². The van der Waals surface area contributed by atoms with E-state index in [0.29, 0.717) is 6.54 Å². The van der Waals surface area contributed by atoms with E-state index < -0.39 is 11.7 Å². The van der Waals surface area contributed by atoms with Crippen molar-refractivity contribution in [2.45, 2.75) is 6.54 Å². The van der Waals surface area contributed by atoms with Crippen LogP contribution in [0.5, 0.6) is 0 Å². The number of rotatable bonds is 3. The van der Waals surface area contributed by atoms with Crippen molar-refractivity contribution < 1.29 is 14.3 Å². The Labute approximate surface area is 90.6 Å². The first-order chi connectivity index (χ1) is 7.66. The lowest BCUT2D eigenvalue weighted by molar-refractivity contribution is 0.0660. The summed E-state index contributed by atoms with van der Waals surface area (Å²) in [6, 6.07) is 9.25. The van der Waals surface area contributed by atoms with Gasteiger partial charge in [0, 0.05) is 0 Å². The molecule has 0 saturated carbocycles. The summed E-state index contributed by atoms with van der Waals surface area (Å²) in [5, 5.41) is 8.64. The molecule has 82 valence electrons. The van der Waals surface area contributed by atoms with Gasteiger partial charge in [-0.1, -0.05) is 30.3 Å². The van der Waals surface area contributed by atoms with Gasteiger partial charge in [-0.3, -0.25) is 4.57 Å². The van der Waals surface area contributed by atoms with Gasteiger partial charge in [0.05, 0.1) is 12.7 Å². The number of aromatic carboxylic acids is 1. The molecule has 0 spiro atoms. The summed E-state index contributed by atoms with van der Waals surface area (Å²) in [5.74, 6) is -2.26. The van der Waals surface area contributed by atoms with Gasteiger partial charge in [-0.25, -0.2) is 9.59 Å². The predicted octanol–water partition coefficient (Wildman–Crippen LogP) is 1.19. The molecule has 0 aliphatic carbocycles. The predicted molar refractivity (Wildman–Crippen MR) is 55.5 cm³/mol. The molecule has 0 aliphatic rings. The minimum absolute atomic E-state index is 0.302. The van der Waals surface area contributed by atoms with E-state index >= 15 is 0 Å². The van der Waals surface area contributed by atoms with Crippen molar-refractivity contribution in [3.8, 4) is 0 Å². The molecule has 1 aromatic heterocycles. The molecule has 0 atom stereocenters. The molecule has 0 radical (unpaired) electrons. The Balaban J connectivity index is 2.29. The monoisotopic (exact) mass is 219 g/mol. The van der Waals surface area contributed by atoms with Crippen molar-refractivity contribution in [2.24, 2.45) is 0 Å². The average Bonchev–Trinajstić information content (AvgIpc) is 2.62. The number of oxazole rings is 1. The zero-order chi connectivity index (χ0) is 11.5. The Hall–Kier alpha value is -2.30. The highest BCUT2D eigenvalue weighted by molar-refractivity contribution is 5.83. The van der Waals surface area contributed by atoms with Gasteiger partial charge in [0.25, 0.3) is 0 Å². The number of nitrogens with zero attached hydrogens (tertiary/aromatic N) is 1. The van der Waals surface area contributed by atoms with E-state index in [1.54, 1.807) is 0 Å². The average molecular weight is 219 g/mol. The number of carbonyl (C=O) groups is 1. The van der Waals surface area contributed by atoms with E-state index in [-0.39, 0.29) is 5.76 Å². The third kappa shape index (κ3) is 2.03. The van der Waals surface area contributed by atoms with Gasteiger partial charge in [-0.05, 0) is 5.56 Å². The van der Waals surface area contributed by atoms with Crippen LogP contribution in [0.1, 0.15) is 16.1 Å². The molecule has 1 heterocycles. The zero-order valence-corrected chi connectivity index (χ0v) is 8.29. The first-order valence-corrected chi connectivity index (χ1v) is 4.64. The van der Waals surface area contributed by atoms with Gasteiger partial charge in [-0.2, -0.15) is 0 Å². The van der Waals surface area contributed by atoms with Gasteiger partial charge in [-0.15, -0.1) is 0 Å². The van der Waals surface area contributed by atoms with Crippen molar-refractivity contribution in [1.82, 2.24) is 4.57 Å². The number of benzene rings is 1. The topological polar surface area (TPSA) is 72.4 Å². The van der Waals surface area contributed by atoms with Crippen molar-refractivity contribution in [3.63, 3.8) is 0 Å². The number of hydrogen-bond donors (Lipinski definition) is 1.